The first-order valence-electron chi connectivity index (χ1n) is 5.66. The Morgan fingerprint density at radius 3 is 3.00 bits per heavy atom. The largest absolute Gasteiger partial charge is 0.309 e. The highest BCUT2D eigenvalue weighted by Crippen LogP contribution is 2.46. The zero-order valence-electron chi connectivity index (χ0n) is 9.45. The lowest BCUT2D eigenvalue weighted by Gasteiger charge is -2.33. The van der Waals surface area contributed by atoms with Gasteiger partial charge in [0.15, 0.2) is 0 Å². The maximum absolute atomic E-state index is 3.65. The number of hydrogen-bond acceptors (Lipinski definition) is 3. The summed E-state index contributed by atoms with van der Waals surface area (Å²) in [4.78, 5) is 0. The molecule has 3 heteroatoms. The van der Waals surface area contributed by atoms with Crippen molar-refractivity contribution in [2.24, 2.45) is 0 Å². The molecular formula is C12H19NS2. The van der Waals surface area contributed by atoms with Gasteiger partial charge in [-0.1, -0.05) is 6.92 Å². The van der Waals surface area contributed by atoms with Crippen LogP contribution in [0.4, 0.5) is 0 Å². The molecule has 1 N–H and O–H groups in total. The smallest absolute Gasteiger partial charge is 0.0474 e. The van der Waals surface area contributed by atoms with Crippen LogP contribution < -0.4 is 5.32 Å². The van der Waals surface area contributed by atoms with Crippen LogP contribution in [-0.4, -0.2) is 17.0 Å². The van der Waals surface area contributed by atoms with Gasteiger partial charge >= 0.3 is 0 Å². The van der Waals surface area contributed by atoms with Crippen molar-refractivity contribution in [1.29, 1.82) is 0 Å². The van der Waals surface area contributed by atoms with Gasteiger partial charge in [0, 0.05) is 10.8 Å². The highest BCUT2D eigenvalue weighted by molar-refractivity contribution is 8.00. The standard InChI is InChI=1S/C12H19NS2/c1-3-13-11(10-5-8-14-9-10)12(2)6-4-7-15-12/h5,8-9,11,13H,3-4,6-7H2,1-2H3. The molecular weight excluding hydrogens is 222 g/mol. The Balaban J connectivity index is 2.19. The zero-order chi connectivity index (χ0) is 10.7. The number of thiophene rings is 1. The van der Waals surface area contributed by atoms with Crippen molar-refractivity contribution < 1.29 is 0 Å². The molecule has 1 aliphatic rings. The molecule has 1 fully saturated rings. The van der Waals surface area contributed by atoms with Crippen LogP contribution in [-0.2, 0) is 0 Å². The van der Waals surface area contributed by atoms with E-state index in [1.54, 1.807) is 11.3 Å². The molecule has 2 rings (SSSR count). The Kier molecular flexibility index (Phi) is 3.75. The average Bonchev–Trinajstić information content (AvgIpc) is 2.85. The molecule has 2 heterocycles. The van der Waals surface area contributed by atoms with E-state index >= 15 is 0 Å². The summed E-state index contributed by atoms with van der Waals surface area (Å²) in [5.41, 5.74) is 1.47. The van der Waals surface area contributed by atoms with Crippen molar-refractivity contribution in [3.05, 3.63) is 22.4 Å². The van der Waals surface area contributed by atoms with Crippen LogP contribution in [0.25, 0.3) is 0 Å². The van der Waals surface area contributed by atoms with E-state index in [9.17, 15) is 0 Å². The Labute approximate surface area is 101 Å². The summed E-state index contributed by atoms with van der Waals surface area (Å²) in [5, 5.41) is 8.13. The lowest BCUT2D eigenvalue weighted by atomic mass is 9.92. The minimum atomic E-state index is 0.400. The normalized spacial score (nSPS) is 28.1. The molecule has 1 aromatic heterocycles. The minimum absolute atomic E-state index is 0.400. The van der Waals surface area contributed by atoms with Crippen LogP contribution in [0.15, 0.2) is 16.8 Å². The van der Waals surface area contributed by atoms with Gasteiger partial charge in [-0.15, -0.1) is 0 Å². The molecule has 0 bridgehead atoms. The van der Waals surface area contributed by atoms with Gasteiger partial charge in [-0.2, -0.15) is 23.1 Å². The number of nitrogens with one attached hydrogen (secondary N) is 1. The Hall–Kier alpha value is 0.01000. The molecule has 0 aromatic carbocycles. The van der Waals surface area contributed by atoms with Gasteiger partial charge in [0.25, 0.3) is 0 Å². The molecule has 1 aliphatic heterocycles. The van der Waals surface area contributed by atoms with Crippen molar-refractivity contribution in [2.75, 3.05) is 12.3 Å². The summed E-state index contributed by atoms with van der Waals surface area (Å²) < 4.78 is 0.400. The molecule has 0 saturated carbocycles. The monoisotopic (exact) mass is 241 g/mol. The van der Waals surface area contributed by atoms with Crippen molar-refractivity contribution in [1.82, 2.24) is 5.32 Å². The maximum Gasteiger partial charge on any atom is 0.0474 e. The van der Waals surface area contributed by atoms with Crippen molar-refractivity contribution in [3.8, 4) is 0 Å². The summed E-state index contributed by atoms with van der Waals surface area (Å²) in [6.45, 7) is 5.66. The van der Waals surface area contributed by atoms with E-state index in [2.05, 4.69) is 47.8 Å². The highest BCUT2D eigenvalue weighted by atomic mass is 32.2. The quantitative estimate of drug-likeness (QED) is 0.863. The molecule has 1 aromatic rings. The number of thioether (sulfide) groups is 1. The minimum Gasteiger partial charge on any atom is -0.309 e. The Morgan fingerprint density at radius 2 is 2.47 bits per heavy atom. The van der Waals surface area contributed by atoms with Gasteiger partial charge in [-0.05, 0) is 54.5 Å². The van der Waals surface area contributed by atoms with Gasteiger partial charge in [0.05, 0.1) is 0 Å². The van der Waals surface area contributed by atoms with Crippen LogP contribution in [0.3, 0.4) is 0 Å². The molecule has 15 heavy (non-hydrogen) atoms. The van der Waals surface area contributed by atoms with Gasteiger partial charge in [0.2, 0.25) is 0 Å². The van der Waals surface area contributed by atoms with E-state index in [0.717, 1.165) is 6.54 Å². The summed E-state index contributed by atoms with van der Waals surface area (Å²) in [7, 11) is 0. The van der Waals surface area contributed by atoms with Crippen LogP contribution in [0.5, 0.6) is 0 Å². The average molecular weight is 241 g/mol. The molecule has 0 spiro atoms. The van der Waals surface area contributed by atoms with Gasteiger partial charge in [-0.3, -0.25) is 0 Å². The maximum atomic E-state index is 3.65. The predicted molar refractivity (Wildman–Crippen MR) is 70.8 cm³/mol. The molecule has 0 radical (unpaired) electrons. The highest BCUT2D eigenvalue weighted by Gasteiger charge is 2.38. The number of rotatable bonds is 4. The number of hydrogen-bond donors (Lipinski definition) is 1. The molecule has 2 unspecified atom stereocenters. The van der Waals surface area contributed by atoms with Gasteiger partial charge < -0.3 is 5.32 Å². The van der Waals surface area contributed by atoms with Gasteiger partial charge in [-0.25, -0.2) is 0 Å². The van der Waals surface area contributed by atoms with Crippen LogP contribution in [0.2, 0.25) is 0 Å². The molecule has 2 atom stereocenters. The molecule has 1 saturated heterocycles. The van der Waals surface area contributed by atoms with E-state index in [1.807, 2.05) is 0 Å². The first-order chi connectivity index (χ1) is 7.26. The lowest BCUT2D eigenvalue weighted by molar-refractivity contribution is 0.422. The van der Waals surface area contributed by atoms with E-state index in [0.29, 0.717) is 10.8 Å². The fourth-order valence-corrected chi connectivity index (χ4v) is 4.47. The van der Waals surface area contributed by atoms with E-state index in [1.165, 1.54) is 24.2 Å². The first kappa shape index (κ1) is 11.5. The zero-order valence-corrected chi connectivity index (χ0v) is 11.1. The molecule has 1 nitrogen and oxygen atoms in total. The van der Waals surface area contributed by atoms with E-state index < -0.39 is 0 Å². The lowest BCUT2D eigenvalue weighted by Crippen LogP contribution is -2.37. The summed E-state index contributed by atoms with van der Waals surface area (Å²) in [6, 6.07) is 2.79. The first-order valence-corrected chi connectivity index (χ1v) is 7.58. The topological polar surface area (TPSA) is 12.0 Å². The van der Waals surface area contributed by atoms with Crippen molar-refractivity contribution in [2.45, 2.75) is 37.5 Å². The van der Waals surface area contributed by atoms with Crippen LogP contribution in [0.1, 0.15) is 38.3 Å². The summed E-state index contributed by atoms with van der Waals surface area (Å²) in [6.07, 6.45) is 2.71. The predicted octanol–water partition coefficient (Wildman–Crippen LogP) is 3.68. The van der Waals surface area contributed by atoms with Gasteiger partial charge in [0.1, 0.15) is 0 Å². The fourth-order valence-electron chi connectivity index (χ4n) is 2.36. The van der Waals surface area contributed by atoms with E-state index in [4.69, 9.17) is 0 Å². The molecule has 0 amide bonds. The Bertz CT molecular complexity index is 289. The third-order valence-corrected chi connectivity index (χ3v) is 5.44. The van der Waals surface area contributed by atoms with Crippen LogP contribution >= 0.6 is 23.1 Å². The SMILES string of the molecule is CCNC(c1ccsc1)C1(C)CCCS1. The third kappa shape index (κ3) is 2.40. The second-order valence-corrected chi connectivity index (χ2v) is 6.72. The summed E-state index contributed by atoms with van der Waals surface area (Å²) in [5.74, 6) is 1.32. The molecule has 0 aliphatic carbocycles. The van der Waals surface area contributed by atoms with Crippen molar-refractivity contribution >= 4 is 23.1 Å². The van der Waals surface area contributed by atoms with Crippen LogP contribution in [0, 0.1) is 0 Å². The van der Waals surface area contributed by atoms with Crippen molar-refractivity contribution in [3.63, 3.8) is 0 Å². The summed E-state index contributed by atoms with van der Waals surface area (Å²) >= 11 is 3.94. The third-order valence-electron chi connectivity index (χ3n) is 3.14. The fraction of sp³-hybridized carbons (Fsp3) is 0.667. The second kappa shape index (κ2) is 4.89. The second-order valence-electron chi connectivity index (χ2n) is 4.31. The van der Waals surface area contributed by atoms with E-state index in [-0.39, 0.29) is 0 Å². The Morgan fingerprint density at radius 1 is 1.60 bits per heavy atom. The molecule has 84 valence electrons.